The van der Waals surface area contributed by atoms with Crippen LogP contribution < -0.4 is 15.4 Å². The number of carboxylic acid groups (broad SMARTS) is 1. The third-order valence-electron chi connectivity index (χ3n) is 6.59. The van der Waals surface area contributed by atoms with E-state index in [4.69, 9.17) is 4.74 Å². The van der Waals surface area contributed by atoms with Crippen molar-refractivity contribution in [2.45, 2.75) is 45.4 Å². The van der Waals surface area contributed by atoms with Gasteiger partial charge in [0.1, 0.15) is 11.8 Å². The van der Waals surface area contributed by atoms with E-state index in [0.717, 1.165) is 28.8 Å². The Kier molecular flexibility index (Phi) is 12.5. The van der Waals surface area contributed by atoms with Crippen molar-refractivity contribution in [3.63, 3.8) is 0 Å². The molecule has 3 rings (SSSR count). The average Bonchev–Trinajstić information content (AvgIpc) is 2.99. The van der Waals surface area contributed by atoms with Gasteiger partial charge < -0.3 is 20.5 Å². The summed E-state index contributed by atoms with van der Waals surface area (Å²) in [6.45, 7) is 5.53. The van der Waals surface area contributed by atoms with Crippen molar-refractivity contribution >= 4 is 35.3 Å². The fourth-order valence-corrected chi connectivity index (χ4v) is 5.14. The van der Waals surface area contributed by atoms with E-state index in [0.29, 0.717) is 23.1 Å². The number of benzene rings is 2. The fraction of sp³-hybridized carbons (Fsp3) is 0.303. The van der Waals surface area contributed by atoms with Crippen molar-refractivity contribution in [2.24, 2.45) is 5.92 Å². The Hall–Kier alpha value is -4.44. The molecule has 1 atom stereocenters. The van der Waals surface area contributed by atoms with Gasteiger partial charge in [0.25, 0.3) is 0 Å². The smallest absolute Gasteiger partial charge is 0.330 e. The van der Waals surface area contributed by atoms with Crippen LogP contribution in [0.25, 0.3) is 11.1 Å². The summed E-state index contributed by atoms with van der Waals surface area (Å²) in [5.74, 6) is -2.32. The molecule has 0 aliphatic rings. The predicted molar refractivity (Wildman–Crippen MR) is 168 cm³/mol. The zero-order valence-electron chi connectivity index (χ0n) is 24.8. The summed E-state index contributed by atoms with van der Waals surface area (Å²) in [7, 11) is 1.52. The highest BCUT2D eigenvalue weighted by molar-refractivity contribution is 7.99. The van der Waals surface area contributed by atoms with Crippen molar-refractivity contribution in [3.05, 3.63) is 95.5 Å². The van der Waals surface area contributed by atoms with Gasteiger partial charge in [0.05, 0.1) is 31.1 Å². The molecule has 0 radical (unpaired) electrons. The maximum absolute atomic E-state index is 13.2. The van der Waals surface area contributed by atoms with Crippen LogP contribution in [0.2, 0.25) is 0 Å². The first kappa shape index (κ1) is 33.1. The number of Topliss-reactive ketones (excluding diaryl/α,β-unsaturated/α-hetero) is 1. The molecule has 0 spiro atoms. The van der Waals surface area contributed by atoms with Crippen molar-refractivity contribution in [1.82, 2.24) is 15.6 Å². The maximum atomic E-state index is 13.2. The van der Waals surface area contributed by atoms with Crippen LogP contribution in [-0.2, 0) is 37.8 Å². The predicted octanol–water partition coefficient (Wildman–Crippen LogP) is 4.59. The van der Waals surface area contributed by atoms with E-state index < -0.39 is 29.6 Å². The number of methoxy groups -OCH3 is 1. The molecule has 2 aromatic carbocycles. The summed E-state index contributed by atoms with van der Waals surface area (Å²) >= 11 is 1.31. The topological polar surface area (TPSA) is 135 Å². The lowest BCUT2D eigenvalue weighted by Crippen LogP contribution is -2.50. The molecular formula is C33H37N3O6S. The monoisotopic (exact) mass is 603 g/mol. The Morgan fingerprint density at radius 3 is 2.35 bits per heavy atom. The molecule has 0 aliphatic heterocycles. The van der Waals surface area contributed by atoms with Crippen LogP contribution >= 0.6 is 11.8 Å². The normalized spacial score (nSPS) is 12.0. The highest BCUT2D eigenvalue weighted by atomic mass is 32.2. The summed E-state index contributed by atoms with van der Waals surface area (Å²) < 4.78 is 5.47. The number of thioether (sulfide) groups is 1. The maximum Gasteiger partial charge on any atom is 0.330 e. The summed E-state index contributed by atoms with van der Waals surface area (Å²) in [6, 6.07) is 18.0. The van der Waals surface area contributed by atoms with Gasteiger partial charge in [0.2, 0.25) is 11.8 Å². The minimum Gasteiger partial charge on any atom is -0.496 e. The van der Waals surface area contributed by atoms with Gasteiger partial charge in [-0.15, -0.1) is 11.8 Å². The number of nitrogens with one attached hydrogen (secondary N) is 2. The number of allylic oxidation sites excluding steroid dienone is 1. The molecule has 1 aromatic heterocycles. The first-order chi connectivity index (χ1) is 20.6. The molecule has 0 aliphatic carbocycles. The molecule has 1 heterocycles. The van der Waals surface area contributed by atoms with Crippen LogP contribution in [0.5, 0.6) is 5.75 Å². The SMILES string of the molecule is CCc1ccc(-c2ccc(OC)c(CC(=O)N[C@H](C(=O)N/C(=C/C(=O)O)C(=O)CSCc3ccccc3)C(C)C)c2)cn1. The van der Waals surface area contributed by atoms with Crippen LogP contribution in [-0.4, -0.2) is 52.6 Å². The van der Waals surface area contributed by atoms with E-state index in [1.165, 1.54) is 18.9 Å². The minimum absolute atomic E-state index is 0.0280. The van der Waals surface area contributed by atoms with Gasteiger partial charge >= 0.3 is 5.97 Å². The molecule has 3 aromatic rings. The number of aromatic nitrogens is 1. The molecule has 0 bridgehead atoms. The Balaban J connectivity index is 1.69. The molecular weight excluding hydrogens is 566 g/mol. The number of hydrogen-bond acceptors (Lipinski definition) is 7. The van der Waals surface area contributed by atoms with Gasteiger partial charge in [-0.2, -0.15) is 0 Å². The van der Waals surface area contributed by atoms with Gasteiger partial charge in [-0.05, 0) is 41.7 Å². The highest BCUT2D eigenvalue weighted by Crippen LogP contribution is 2.27. The molecule has 10 heteroatoms. The Morgan fingerprint density at radius 2 is 1.74 bits per heavy atom. The quantitative estimate of drug-likeness (QED) is 0.215. The minimum atomic E-state index is -1.37. The van der Waals surface area contributed by atoms with Crippen molar-refractivity contribution in [3.8, 4) is 16.9 Å². The van der Waals surface area contributed by atoms with Crippen LogP contribution in [0, 0.1) is 5.92 Å². The Morgan fingerprint density at radius 1 is 1.02 bits per heavy atom. The van der Waals surface area contributed by atoms with Crippen LogP contribution in [0.15, 0.2) is 78.6 Å². The largest absolute Gasteiger partial charge is 0.496 e. The van der Waals surface area contributed by atoms with E-state index in [1.54, 1.807) is 26.1 Å². The molecule has 3 N–H and O–H groups in total. The summed E-state index contributed by atoms with van der Waals surface area (Å²) in [5, 5.41) is 14.5. The van der Waals surface area contributed by atoms with E-state index in [1.807, 2.05) is 61.5 Å². The number of carbonyl (C=O) groups excluding carboxylic acids is 3. The molecule has 0 saturated carbocycles. The number of aryl methyl sites for hydroxylation is 1. The summed E-state index contributed by atoms with van der Waals surface area (Å²) in [6.07, 6.45) is 3.23. The summed E-state index contributed by atoms with van der Waals surface area (Å²) in [4.78, 5) is 55.1. The Labute approximate surface area is 256 Å². The number of ketones is 1. The van der Waals surface area contributed by atoms with Crippen LogP contribution in [0.4, 0.5) is 0 Å². The number of rotatable bonds is 15. The lowest BCUT2D eigenvalue weighted by Gasteiger charge is -2.22. The number of hydrogen-bond donors (Lipinski definition) is 3. The second-order valence-corrected chi connectivity index (χ2v) is 11.2. The number of carboxylic acids is 1. The molecule has 0 unspecified atom stereocenters. The van der Waals surface area contributed by atoms with Gasteiger partial charge in [-0.25, -0.2) is 4.79 Å². The first-order valence-electron chi connectivity index (χ1n) is 13.9. The van der Waals surface area contributed by atoms with Gasteiger partial charge in [0.15, 0.2) is 5.78 Å². The molecule has 9 nitrogen and oxygen atoms in total. The van der Waals surface area contributed by atoms with E-state index in [2.05, 4.69) is 15.6 Å². The molecule has 226 valence electrons. The second kappa shape index (κ2) is 16.3. The van der Waals surface area contributed by atoms with Gasteiger partial charge in [0, 0.05) is 28.8 Å². The van der Waals surface area contributed by atoms with Crippen molar-refractivity contribution in [2.75, 3.05) is 12.9 Å². The zero-order valence-corrected chi connectivity index (χ0v) is 25.6. The lowest BCUT2D eigenvalue weighted by atomic mass is 10.00. The number of carbonyl (C=O) groups is 4. The fourth-order valence-electron chi connectivity index (χ4n) is 4.27. The van der Waals surface area contributed by atoms with Gasteiger partial charge in [-0.1, -0.05) is 63.2 Å². The third kappa shape index (κ3) is 10.1. The summed E-state index contributed by atoms with van der Waals surface area (Å²) in [5.41, 5.74) is 4.04. The number of aliphatic carboxylic acids is 1. The first-order valence-corrected chi connectivity index (χ1v) is 15.1. The van der Waals surface area contributed by atoms with E-state index in [-0.39, 0.29) is 23.8 Å². The molecule has 0 saturated heterocycles. The molecule has 43 heavy (non-hydrogen) atoms. The lowest BCUT2D eigenvalue weighted by molar-refractivity contribution is -0.132. The number of nitrogens with zero attached hydrogens (tertiary/aromatic N) is 1. The van der Waals surface area contributed by atoms with Crippen LogP contribution in [0.3, 0.4) is 0 Å². The van der Waals surface area contributed by atoms with Crippen molar-refractivity contribution < 1.29 is 29.0 Å². The Bertz CT molecular complexity index is 1460. The average molecular weight is 604 g/mol. The number of amides is 2. The van der Waals surface area contributed by atoms with Crippen molar-refractivity contribution in [1.29, 1.82) is 0 Å². The molecule has 2 amide bonds. The van der Waals surface area contributed by atoms with Crippen LogP contribution in [0.1, 0.15) is 37.6 Å². The number of pyridine rings is 1. The van der Waals surface area contributed by atoms with Gasteiger partial charge in [-0.3, -0.25) is 19.4 Å². The number of ether oxygens (including phenoxy) is 1. The zero-order chi connectivity index (χ0) is 31.4. The van der Waals surface area contributed by atoms with E-state index >= 15 is 0 Å². The second-order valence-electron chi connectivity index (χ2n) is 10.2. The highest BCUT2D eigenvalue weighted by Gasteiger charge is 2.27. The third-order valence-corrected chi connectivity index (χ3v) is 7.59. The standard InChI is InChI=1S/C33H37N3O6S/c1-5-26-13-11-24(18-34-26)23-12-14-29(42-4)25(15-23)16-30(38)36-32(21(2)3)33(41)35-27(17-31(39)40)28(37)20-43-19-22-9-7-6-8-10-22/h6-15,17-18,21,32H,5,16,19-20H2,1-4H3,(H,35,41)(H,36,38)(H,39,40)/b27-17+/t32-/m0/s1. The van der Waals surface area contributed by atoms with E-state index in [9.17, 15) is 24.3 Å². The molecule has 0 fully saturated rings.